The number of benzene rings is 1. The van der Waals surface area contributed by atoms with E-state index in [4.69, 9.17) is 4.98 Å². The number of hydrogen-bond donors (Lipinski definition) is 0. The quantitative estimate of drug-likeness (QED) is 0.647. The van der Waals surface area contributed by atoms with Gasteiger partial charge in [0.05, 0.1) is 0 Å². The van der Waals surface area contributed by atoms with Gasteiger partial charge in [-0.05, 0) is 62.6 Å². The number of hydrogen-bond acceptors (Lipinski definition) is 2. The first-order valence-corrected chi connectivity index (χ1v) is 9.61. The fourth-order valence-corrected chi connectivity index (χ4v) is 4.13. The Balaban J connectivity index is 1.57. The molecule has 26 heavy (non-hydrogen) atoms. The molecule has 3 heterocycles. The van der Waals surface area contributed by atoms with Crippen LogP contribution in [-0.2, 0) is 6.54 Å². The van der Waals surface area contributed by atoms with Crippen molar-refractivity contribution in [2.75, 3.05) is 6.54 Å². The van der Waals surface area contributed by atoms with Crippen molar-refractivity contribution in [3.63, 3.8) is 0 Å². The third-order valence-corrected chi connectivity index (χ3v) is 5.50. The summed E-state index contributed by atoms with van der Waals surface area (Å²) in [7, 11) is 0. The Morgan fingerprint density at radius 3 is 2.38 bits per heavy atom. The summed E-state index contributed by atoms with van der Waals surface area (Å²) in [4.78, 5) is 7.41. The van der Waals surface area contributed by atoms with Gasteiger partial charge in [-0.2, -0.15) is 0 Å². The highest BCUT2D eigenvalue weighted by atomic mass is 15.2. The van der Waals surface area contributed by atoms with Crippen LogP contribution in [0, 0.1) is 13.8 Å². The van der Waals surface area contributed by atoms with Crippen LogP contribution in [0.2, 0.25) is 0 Å². The van der Waals surface area contributed by atoms with Crippen LogP contribution in [0.4, 0.5) is 0 Å². The van der Waals surface area contributed by atoms with Gasteiger partial charge in [0.2, 0.25) is 0 Å². The number of aromatic nitrogens is 2. The maximum Gasteiger partial charge on any atom is 0.136 e. The van der Waals surface area contributed by atoms with Crippen LogP contribution in [0.3, 0.4) is 0 Å². The normalized spacial score (nSPS) is 18.2. The van der Waals surface area contributed by atoms with Crippen molar-refractivity contribution >= 4 is 0 Å². The first kappa shape index (κ1) is 17.0. The van der Waals surface area contributed by atoms with E-state index in [1.165, 1.54) is 41.8 Å². The van der Waals surface area contributed by atoms with E-state index < -0.39 is 0 Å². The van der Waals surface area contributed by atoms with Crippen molar-refractivity contribution in [3.8, 4) is 5.82 Å². The van der Waals surface area contributed by atoms with Crippen molar-refractivity contribution in [1.82, 2.24) is 14.5 Å². The van der Waals surface area contributed by atoms with Crippen LogP contribution in [0.25, 0.3) is 5.82 Å². The Morgan fingerprint density at radius 1 is 0.923 bits per heavy atom. The smallest absolute Gasteiger partial charge is 0.136 e. The lowest BCUT2D eigenvalue weighted by atomic mass is 9.95. The second-order valence-electron chi connectivity index (χ2n) is 7.37. The molecule has 1 fully saturated rings. The average Bonchev–Trinajstić information content (AvgIpc) is 3.02. The van der Waals surface area contributed by atoms with Crippen LogP contribution in [0.5, 0.6) is 0 Å². The van der Waals surface area contributed by atoms with Gasteiger partial charge in [-0.1, -0.05) is 42.8 Å². The van der Waals surface area contributed by atoms with Gasteiger partial charge in [0, 0.05) is 30.2 Å². The number of nitrogens with zero attached hydrogens (tertiary/aromatic N) is 3. The minimum Gasteiger partial charge on any atom is -0.303 e. The molecule has 1 saturated heterocycles. The molecule has 134 valence electrons. The molecule has 0 bridgehead atoms. The molecule has 0 amide bonds. The fourth-order valence-electron chi connectivity index (χ4n) is 4.13. The van der Waals surface area contributed by atoms with Crippen LogP contribution in [-0.4, -0.2) is 21.0 Å². The van der Waals surface area contributed by atoms with E-state index in [1.807, 2.05) is 0 Å². The number of aryl methyl sites for hydroxylation is 2. The van der Waals surface area contributed by atoms with E-state index >= 15 is 0 Å². The highest BCUT2D eigenvalue weighted by Crippen LogP contribution is 2.32. The molecule has 1 aromatic carbocycles. The van der Waals surface area contributed by atoms with Gasteiger partial charge >= 0.3 is 0 Å². The third kappa shape index (κ3) is 3.45. The molecule has 1 atom stereocenters. The van der Waals surface area contributed by atoms with Crippen LogP contribution in [0.15, 0.2) is 60.8 Å². The summed E-state index contributed by atoms with van der Waals surface area (Å²) in [6.07, 6.45) is 5.89. The zero-order valence-corrected chi connectivity index (χ0v) is 15.7. The molecule has 3 nitrogen and oxygen atoms in total. The van der Waals surface area contributed by atoms with Gasteiger partial charge in [-0.3, -0.25) is 4.90 Å². The Morgan fingerprint density at radius 2 is 1.69 bits per heavy atom. The first-order chi connectivity index (χ1) is 12.7. The van der Waals surface area contributed by atoms with Gasteiger partial charge < -0.3 is 4.57 Å². The highest BCUT2D eigenvalue weighted by Gasteiger charge is 2.24. The summed E-state index contributed by atoms with van der Waals surface area (Å²) >= 11 is 0. The van der Waals surface area contributed by atoms with E-state index in [9.17, 15) is 0 Å². The summed E-state index contributed by atoms with van der Waals surface area (Å²) in [5.74, 6) is 1.01. The monoisotopic (exact) mass is 345 g/mol. The lowest BCUT2D eigenvalue weighted by molar-refractivity contribution is 0.140. The topological polar surface area (TPSA) is 21.1 Å². The zero-order valence-electron chi connectivity index (χ0n) is 15.7. The van der Waals surface area contributed by atoms with Crippen LogP contribution < -0.4 is 0 Å². The molecule has 4 rings (SSSR count). The molecule has 0 spiro atoms. The van der Waals surface area contributed by atoms with E-state index in [-0.39, 0.29) is 0 Å². The molecule has 3 heteroatoms. The molecule has 0 N–H and O–H groups in total. The molecule has 0 radical (unpaired) electrons. The molecular formula is C23H27N3. The van der Waals surface area contributed by atoms with Crippen molar-refractivity contribution in [1.29, 1.82) is 0 Å². The predicted octanol–water partition coefficient (Wildman–Crippen LogP) is 5.22. The lowest BCUT2D eigenvalue weighted by Gasteiger charge is -2.36. The molecule has 1 aliphatic rings. The van der Waals surface area contributed by atoms with Crippen LogP contribution in [0.1, 0.15) is 47.8 Å². The number of piperidine rings is 1. The second-order valence-corrected chi connectivity index (χ2v) is 7.37. The number of pyridine rings is 1. The standard InChI is InChI=1S/C23H27N3/c1-18-11-12-19(2)26(18)23-14-13-21(16-24-23)22-10-6-7-15-25(22)17-20-8-4-3-5-9-20/h3-5,8-9,11-14,16,22H,6-7,10,15,17H2,1-2H3/t22-/m0/s1. The maximum absolute atomic E-state index is 4.80. The summed E-state index contributed by atoms with van der Waals surface area (Å²) in [6, 6.07) is 20.0. The van der Waals surface area contributed by atoms with Gasteiger partial charge in [-0.25, -0.2) is 4.98 Å². The van der Waals surface area contributed by atoms with E-state index in [0.717, 1.165) is 18.9 Å². The molecule has 1 aliphatic heterocycles. The molecule has 0 aliphatic carbocycles. The van der Waals surface area contributed by atoms with Gasteiger partial charge in [0.1, 0.15) is 5.82 Å². The maximum atomic E-state index is 4.80. The lowest BCUT2D eigenvalue weighted by Crippen LogP contribution is -2.33. The summed E-state index contributed by atoms with van der Waals surface area (Å²) in [5, 5.41) is 0. The van der Waals surface area contributed by atoms with E-state index in [1.54, 1.807) is 0 Å². The predicted molar refractivity (Wildman–Crippen MR) is 106 cm³/mol. The minimum absolute atomic E-state index is 0.470. The highest BCUT2D eigenvalue weighted by molar-refractivity contribution is 5.33. The third-order valence-electron chi connectivity index (χ3n) is 5.50. The van der Waals surface area contributed by atoms with Crippen molar-refractivity contribution in [3.05, 3.63) is 83.3 Å². The van der Waals surface area contributed by atoms with Gasteiger partial charge in [-0.15, -0.1) is 0 Å². The SMILES string of the molecule is Cc1ccc(C)n1-c1ccc([C@@H]2CCCCN2Cc2ccccc2)cn1. The Bertz CT molecular complexity index is 829. The zero-order chi connectivity index (χ0) is 17.9. The van der Waals surface area contributed by atoms with E-state index in [2.05, 4.69) is 84.1 Å². The molecule has 2 aromatic heterocycles. The minimum atomic E-state index is 0.470. The average molecular weight is 345 g/mol. The molecule has 3 aromatic rings. The fraction of sp³-hybridized carbons (Fsp3) is 0.348. The van der Waals surface area contributed by atoms with Crippen molar-refractivity contribution in [2.24, 2.45) is 0 Å². The Labute approximate surface area is 156 Å². The summed E-state index contributed by atoms with van der Waals surface area (Å²) < 4.78 is 2.21. The van der Waals surface area contributed by atoms with Crippen molar-refractivity contribution < 1.29 is 0 Å². The van der Waals surface area contributed by atoms with Gasteiger partial charge in [0.25, 0.3) is 0 Å². The molecule has 0 saturated carbocycles. The Hall–Kier alpha value is -2.39. The summed E-state index contributed by atoms with van der Waals surface area (Å²) in [6.45, 7) is 6.44. The largest absolute Gasteiger partial charge is 0.303 e. The van der Waals surface area contributed by atoms with Crippen LogP contribution >= 0.6 is 0 Å². The van der Waals surface area contributed by atoms with Crippen molar-refractivity contribution in [2.45, 2.75) is 45.7 Å². The Kier molecular flexibility index (Phi) is 4.89. The van der Waals surface area contributed by atoms with Gasteiger partial charge in [0.15, 0.2) is 0 Å². The molecule has 0 unspecified atom stereocenters. The molecular weight excluding hydrogens is 318 g/mol. The first-order valence-electron chi connectivity index (χ1n) is 9.61. The summed E-state index contributed by atoms with van der Waals surface area (Å²) in [5.41, 5.74) is 5.19. The second kappa shape index (κ2) is 7.46. The number of likely N-dealkylation sites (tertiary alicyclic amines) is 1. The van der Waals surface area contributed by atoms with E-state index in [0.29, 0.717) is 6.04 Å². The number of rotatable bonds is 4.